The molecule has 0 fully saturated rings. The van der Waals surface area contributed by atoms with Gasteiger partial charge in [0.25, 0.3) is 0 Å². The number of rotatable bonds is 7. The van der Waals surface area contributed by atoms with Crippen molar-refractivity contribution in [2.75, 3.05) is 13.1 Å². The van der Waals surface area contributed by atoms with Gasteiger partial charge in [-0.1, -0.05) is 20.1 Å². The molecule has 6 nitrogen and oxygen atoms in total. The van der Waals surface area contributed by atoms with E-state index in [2.05, 4.69) is 9.47 Å². The zero-order valence-electron chi connectivity index (χ0n) is 26.3. The number of carbonyl (C=O) groups is 2. The van der Waals surface area contributed by atoms with E-state index >= 15 is 0 Å². The van der Waals surface area contributed by atoms with Crippen molar-refractivity contribution in [2.24, 2.45) is 11.1 Å². The summed E-state index contributed by atoms with van der Waals surface area (Å²) in [5.41, 5.74) is 0.841. The lowest BCUT2D eigenvalue weighted by Crippen LogP contribution is -2.37. The maximum absolute atomic E-state index is 12.3. The minimum absolute atomic E-state index is 0.206. The first kappa shape index (κ1) is 3.77. The van der Waals surface area contributed by atoms with E-state index in [0.29, 0.717) is 0 Å². The average Bonchev–Trinajstić information content (AvgIpc) is 2.53. The predicted octanol–water partition coefficient (Wildman–Crippen LogP) is 2.02. The van der Waals surface area contributed by atoms with Gasteiger partial charge in [0.1, 0.15) is 13.1 Å². The average molecular weight is 277 g/mol. The molecule has 0 saturated heterocycles. The number of hydrogen-bond acceptors (Lipinski definition) is 4. The van der Waals surface area contributed by atoms with E-state index in [1.165, 1.54) is 5.32 Å². The molecule has 0 radical (unpaired) electrons. The Balaban J connectivity index is 6.85. The molecule has 6 heteroatoms. The number of carbonyl (C=O) groups excluding carboxylic acids is 2. The molecular weight excluding hydrogens is 236 g/mol. The Morgan fingerprint density at radius 1 is 1.44 bits per heavy atom. The van der Waals surface area contributed by atoms with Crippen LogP contribution in [0.25, 0.3) is 0 Å². The van der Waals surface area contributed by atoms with Crippen LogP contribution in [-0.2, 0) is 9.47 Å². The second-order valence-corrected chi connectivity index (χ2v) is 2.97. The van der Waals surface area contributed by atoms with Crippen LogP contribution >= 0.6 is 0 Å². The highest BCUT2D eigenvalue weighted by atomic mass is 16.6. The number of amides is 2. The quantitative estimate of drug-likeness (QED) is 0.745. The number of alkyl carbamates (subject to hydrolysis) is 1. The fourth-order valence-electron chi connectivity index (χ4n) is 0.645. The summed E-state index contributed by atoms with van der Waals surface area (Å²) in [5, 5.41) is 1.33. The highest BCUT2D eigenvalue weighted by Crippen LogP contribution is 2.24. The van der Waals surface area contributed by atoms with Gasteiger partial charge in [-0.2, -0.15) is 0 Å². The highest BCUT2D eigenvalue weighted by Gasteiger charge is 2.27. The summed E-state index contributed by atoms with van der Waals surface area (Å²) >= 11 is 0. The molecule has 18 heavy (non-hydrogen) atoms. The van der Waals surface area contributed by atoms with Crippen molar-refractivity contribution in [1.29, 1.82) is 0 Å². The maximum Gasteiger partial charge on any atom is 0.407 e. The predicted molar refractivity (Wildman–Crippen MR) is 68.2 cm³/mol. The van der Waals surface area contributed by atoms with Crippen molar-refractivity contribution in [3.05, 3.63) is 0 Å². The van der Waals surface area contributed by atoms with Crippen molar-refractivity contribution >= 4 is 12.2 Å². The van der Waals surface area contributed by atoms with Crippen LogP contribution in [0.15, 0.2) is 0 Å². The Kier molecular flexibility index (Phi) is 1.63. The lowest BCUT2D eigenvalue weighted by molar-refractivity contribution is 0.0333. The van der Waals surface area contributed by atoms with Gasteiger partial charge in [-0.05, 0) is 20.1 Å². The second kappa shape index (κ2) is 7.79. The summed E-state index contributed by atoms with van der Waals surface area (Å²) in [6.45, 7) is -18.6. The molecule has 0 rings (SSSR count). The number of ether oxygens (including phenoxy) is 2. The fraction of sp³-hybridized carbons (Fsp3) is 0.833. The van der Waals surface area contributed by atoms with E-state index in [1.807, 2.05) is 0 Å². The molecule has 0 aromatic carbocycles. The van der Waals surface area contributed by atoms with E-state index in [9.17, 15) is 9.59 Å². The molecule has 0 spiro atoms. The van der Waals surface area contributed by atoms with Gasteiger partial charge in [0.2, 0.25) is 0 Å². The lowest BCUT2D eigenvalue weighted by atomic mass is 9.87. The van der Waals surface area contributed by atoms with Crippen molar-refractivity contribution in [1.82, 2.24) is 5.32 Å². The van der Waals surface area contributed by atoms with Gasteiger partial charge in [0, 0.05) is 29.3 Å². The summed E-state index contributed by atoms with van der Waals surface area (Å²) in [7, 11) is 0. The van der Waals surface area contributed by atoms with Crippen LogP contribution in [0.3, 0.4) is 0 Å². The highest BCUT2D eigenvalue weighted by molar-refractivity contribution is 5.67. The Hall–Kier alpha value is -1.46. The van der Waals surface area contributed by atoms with E-state index in [-0.39, 0.29) is 6.92 Å². The Morgan fingerprint density at radius 3 is 2.67 bits per heavy atom. The standard InChI is InChI=1S/C12H24N2O4/c1-5-6-12(4,7-17-10(13)15)8-18-11(16)14-9(2)3/h9H,5-8H2,1-4H3,(H2,13,15)(H,14,16)/i1D3,2D3,3D3,5D2,6D2,7D2,8D2. The zero-order chi connectivity index (χ0) is 28.9. The van der Waals surface area contributed by atoms with E-state index in [0.717, 1.165) is 0 Å². The normalized spacial score (nSPS) is 33.1. The Bertz CT molecular complexity index is 788. The molecule has 2 amide bonds. The van der Waals surface area contributed by atoms with Gasteiger partial charge in [0.05, 0.1) is 5.48 Å². The summed E-state index contributed by atoms with van der Waals surface area (Å²) in [5.74, 6) is 0. The van der Waals surface area contributed by atoms with Crippen molar-refractivity contribution in [3.63, 3.8) is 0 Å². The van der Waals surface area contributed by atoms with Gasteiger partial charge >= 0.3 is 12.2 Å². The van der Waals surface area contributed by atoms with Crippen LogP contribution in [0.2, 0.25) is 0 Å². The van der Waals surface area contributed by atoms with Crippen LogP contribution in [0.5, 0.6) is 0 Å². The third kappa shape index (κ3) is 7.76. The zero-order valence-corrected chi connectivity index (χ0v) is 9.29. The largest absolute Gasteiger partial charge is 0.449 e. The minimum Gasteiger partial charge on any atom is -0.449 e. The summed E-state index contributed by atoms with van der Waals surface area (Å²) < 4.78 is 137. The van der Waals surface area contributed by atoms with Gasteiger partial charge in [0.15, 0.2) is 0 Å². The molecule has 0 aliphatic carbocycles. The van der Waals surface area contributed by atoms with Gasteiger partial charge in [-0.15, -0.1) is 0 Å². The molecule has 0 aromatic rings. The Morgan fingerprint density at radius 2 is 2.11 bits per heavy atom. The Labute approximate surface area is 132 Å². The first-order chi connectivity index (χ1) is 14.9. The van der Waals surface area contributed by atoms with E-state index in [1.54, 1.807) is 0 Å². The van der Waals surface area contributed by atoms with Crippen molar-refractivity contribution in [2.45, 2.75) is 46.3 Å². The SMILES string of the molecule is [2H]C([2H])([2H])C(NC(=O)OC([2H])([2H])C(C)(C([2H])([2H])OC(N)=O)C([2H])([2H])C([2H])([2H])C([2H])([2H])[2H])C([2H])([2H])[2H]. The molecule has 0 aliphatic rings. The third-order valence-corrected chi connectivity index (χ3v) is 1.28. The smallest absolute Gasteiger partial charge is 0.407 e. The molecule has 1 atom stereocenters. The molecule has 0 aliphatic heterocycles. The van der Waals surface area contributed by atoms with Gasteiger partial charge < -0.3 is 20.5 Å². The number of hydrogen-bond donors (Lipinski definition) is 2. The molecule has 1 unspecified atom stereocenters. The summed E-state index contributed by atoms with van der Waals surface area (Å²) in [4.78, 5) is 23.5. The van der Waals surface area contributed by atoms with E-state index in [4.69, 9.17) is 29.0 Å². The number of nitrogens with one attached hydrogen (secondary N) is 1. The molecule has 0 heterocycles. The molecule has 0 bridgehead atoms. The summed E-state index contributed by atoms with van der Waals surface area (Å²) in [6, 6.07) is -2.64. The minimum atomic E-state index is -4.21. The molecule has 0 saturated carbocycles. The molecular formula is C12H24N2O4. The molecule has 3 N–H and O–H groups in total. The van der Waals surface area contributed by atoms with Crippen LogP contribution in [-0.4, -0.2) is 31.3 Å². The molecule has 0 aromatic heterocycles. The first-order valence-electron chi connectivity index (χ1n) is 12.9. The van der Waals surface area contributed by atoms with E-state index < -0.39 is 70.1 Å². The molecule has 106 valence electrons. The lowest BCUT2D eigenvalue weighted by Gasteiger charge is -2.27. The van der Waals surface area contributed by atoms with Crippen molar-refractivity contribution < 1.29 is 42.4 Å². The fourth-order valence-corrected chi connectivity index (χ4v) is 0.645. The van der Waals surface area contributed by atoms with Gasteiger partial charge in [-0.3, -0.25) is 0 Å². The van der Waals surface area contributed by atoms with Gasteiger partial charge in [-0.25, -0.2) is 9.59 Å². The third-order valence-electron chi connectivity index (χ3n) is 1.28. The summed E-state index contributed by atoms with van der Waals surface area (Å²) in [6.07, 6.45) is -12.5. The monoisotopic (exact) mass is 277 g/mol. The van der Waals surface area contributed by atoms with Crippen LogP contribution in [0, 0.1) is 5.41 Å². The first-order valence-corrected chi connectivity index (χ1v) is 4.38. The van der Waals surface area contributed by atoms with Crippen LogP contribution < -0.4 is 11.1 Å². The van der Waals surface area contributed by atoms with Crippen LogP contribution in [0.1, 0.15) is 63.5 Å². The van der Waals surface area contributed by atoms with Crippen LogP contribution in [0.4, 0.5) is 9.59 Å². The topological polar surface area (TPSA) is 90.7 Å². The van der Waals surface area contributed by atoms with Crippen molar-refractivity contribution in [3.8, 4) is 0 Å². The number of primary amides is 1. The maximum atomic E-state index is 12.3. The number of nitrogens with two attached hydrogens (primary N) is 1. The second-order valence-electron chi connectivity index (χ2n) is 2.97.